The Morgan fingerprint density at radius 3 is 2.44 bits per heavy atom. The van der Waals surface area contributed by atoms with Gasteiger partial charge in [0.1, 0.15) is 6.54 Å². The largest absolute Gasteiger partial charge is 0.336 e. The van der Waals surface area contributed by atoms with Gasteiger partial charge in [-0.2, -0.15) is 0 Å². The fourth-order valence-electron chi connectivity index (χ4n) is 1.56. The van der Waals surface area contributed by atoms with Gasteiger partial charge >= 0.3 is 0 Å². The van der Waals surface area contributed by atoms with Gasteiger partial charge in [-0.05, 0) is 12.1 Å². The predicted molar refractivity (Wildman–Crippen MR) is 58.0 cm³/mol. The molecule has 1 aliphatic heterocycles. The van der Waals surface area contributed by atoms with Crippen LogP contribution in [0.15, 0.2) is 30.3 Å². The highest BCUT2D eigenvalue weighted by Gasteiger charge is 2.35. The predicted octanol–water partition coefficient (Wildman–Crippen LogP) is 0.536. The van der Waals surface area contributed by atoms with Crippen molar-refractivity contribution in [3.05, 3.63) is 35.9 Å². The number of amides is 2. The number of nitrogens with one attached hydrogen (secondary N) is 1. The van der Waals surface area contributed by atoms with Crippen molar-refractivity contribution in [1.29, 1.82) is 5.41 Å². The number of benzene rings is 1. The zero-order chi connectivity index (χ0) is 11.7. The Kier molecular flexibility index (Phi) is 2.44. The SMILES string of the molecule is CN1CC(=O)N(C(=O)c2ccccc2)C1=N. The van der Waals surface area contributed by atoms with E-state index in [-0.39, 0.29) is 18.4 Å². The molecule has 0 radical (unpaired) electrons. The summed E-state index contributed by atoms with van der Waals surface area (Å²) in [6.45, 7) is 0.0808. The Morgan fingerprint density at radius 2 is 1.94 bits per heavy atom. The lowest BCUT2D eigenvalue weighted by Crippen LogP contribution is -2.37. The van der Waals surface area contributed by atoms with Gasteiger partial charge in [-0.15, -0.1) is 0 Å². The highest BCUT2D eigenvalue weighted by atomic mass is 16.2. The molecule has 0 saturated carbocycles. The molecule has 82 valence electrons. The zero-order valence-corrected chi connectivity index (χ0v) is 8.80. The van der Waals surface area contributed by atoms with E-state index in [0.29, 0.717) is 5.56 Å². The first-order valence-corrected chi connectivity index (χ1v) is 4.83. The summed E-state index contributed by atoms with van der Waals surface area (Å²) >= 11 is 0. The van der Waals surface area contributed by atoms with Crippen LogP contribution >= 0.6 is 0 Å². The molecule has 0 spiro atoms. The molecular formula is C11H11N3O2. The monoisotopic (exact) mass is 217 g/mol. The Labute approximate surface area is 92.8 Å². The normalized spacial score (nSPS) is 15.8. The Morgan fingerprint density at radius 1 is 1.31 bits per heavy atom. The second kappa shape index (κ2) is 3.77. The average molecular weight is 217 g/mol. The summed E-state index contributed by atoms with van der Waals surface area (Å²) < 4.78 is 0. The summed E-state index contributed by atoms with van der Waals surface area (Å²) in [5, 5.41) is 7.63. The van der Waals surface area contributed by atoms with E-state index < -0.39 is 5.91 Å². The molecule has 1 saturated heterocycles. The number of likely N-dealkylation sites (N-methyl/N-ethyl adjacent to an activating group) is 1. The maximum Gasteiger partial charge on any atom is 0.267 e. The minimum Gasteiger partial charge on any atom is -0.336 e. The van der Waals surface area contributed by atoms with Crippen LogP contribution in [0.3, 0.4) is 0 Å². The summed E-state index contributed by atoms with van der Waals surface area (Å²) in [7, 11) is 1.61. The molecule has 1 aromatic carbocycles. The standard InChI is InChI=1S/C11H11N3O2/c1-13-7-9(15)14(11(13)12)10(16)8-5-3-2-4-6-8/h2-6,12H,7H2,1H3. The molecule has 0 atom stereocenters. The van der Waals surface area contributed by atoms with Crippen LogP contribution in [-0.2, 0) is 4.79 Å². The summed E-state index contributed by atoms with van der Waals surface area (Å²) in [5.74, 6) is -0.875. The number of hydrogen-bond donors (Lipinski definition) is 1. The molecule has 1 heterocycles. The van der Waals surface area contributed by atoms with Crippen molar-refractivity contribution in [2.45, 2.75) is 0 Å². The van der Waals surface area contributed by atoms with Crippen LogP contribution in [0, 0.1) is 5.41 Å². The van der Waals surface area contributed by atoms with Crippen LogP contribution in [0.5, 0.6) is 0 Å². The van der Waals surface area contributed by atoms with Gasteiger partial charge in [0.05, 0.1) is 0 Å². The zero-order valence-electron chi connectivity index (χ0n) is 8.80. The fourth-order valence-corrected chi connectivity index (χ4v) is 1.56. The van der Waals surface area contributed by atoms with E-state index in [0.717, 1.165) is 4.90 Å². The van der Waals surface area contributed by atoms with E-state index >= 15 is 0 Å². The second-order valence-corrected chi connectivity index (χ2v) is 3.58. The molecule has 0 aromatic heterocycles. The van der Waals surface area contributed by atoms with Crippen LogP contribution < -0.4 is 0 Å². The molecule has 1 N–H and O–H groups in total. The Hall–Kier alpha value is -2.17. The average Bonchev–Trinajstić information content (AvgIpc) is 2.54. The highest BCUT2D eigenvalue weighted by molar-refractivity contribution is 6.20. The van der Waals surface area contributed by atoms with Crippen molar-refractivity contribution in [2.24, 2.45) is 0 Å². The van der Waals surface area contributed by atoms with E-state index in [2.05, 4.69) is 0 Å². The van der Waals surface area contributed by atoms with Crippen molar-refractivity contribution >= 4 is 17.8 Å². The van der Waals surface area contributed by atoms with Crippen LogP contribution in [0.2, 0.25) is 0 Å². The van der Waals surface area contributed by atoms with Crippen molar-refractivity contribution in [1.82, 2.24) is 9.80 Å². The van der Waals surface area contributed by atoms with E-state index in [1.165, 1.54) is 4.90 Å². The number of hydrogen-bond acceptors (Lipinski definition) is 3. The maximum atomic E-state index is 12.0. The Bertz CT molecular complexity index is 456. The van der Waals surface area contributed by atoms with Gasteiger partial charge < -0.3 is 4.90 Å². The summed E-state index contributed by atoms with van der Waals surface area (Å²) in [6, 6.07) is 8.49. The first-order valence-electron chi connectivity index (χ1n) is 4.83. The molecule has 5 heteroatoms. The minimum atomic E-state index is -0.444. The van der Waals surface area contributed by atoms with Gasteiger partial charge in [-0.3, -0.25) is 15.0 Å². The minimum absolute atomic E-state index is 0.0705. The van der Waals surface area contributed by atoms with Gasteiger partial charge in [0.25, 0.3) is 11.8 Å². The summed E-state index contributed by atoms with van der Waals surface area (Å²) in [4.78, 5) is 25.8. The van der Waals surface area contributed by atoms with Crippen molar-refractivity contribution in [3.8, 4) is 0 Å². The van der Waals surface area contributed by atoms with Gasteiger partial charge in [-0.25, -0.2) is 4.90 Å². The third kappa shape index (κ3) is 1.56. The second-order valence-electron chi connectivity index (χ2n) is 3.58. The first kappa shape index (κ1) is 10.4. The number of nitrogens with zero attached hydrogens (tertiary/aromatic N) is 2. The van der Waals surface area contributed by atoms with E-state index in [1.54, 1.807) is 37.4 Å². The Balaban J connectivity index is 2.30. The van der Waals surface area contributed by atoms with E-state index in [4.69, 9.17) is 5.41 Å². The smallest absolute Gasteiger partial charge is 0.267 e. The fraction of sp³-hybridized carbons (Fsp3) is 0.182. The highest BCUT2D eigenvalue weighted by Crippen LogP contribution is 2.12. The lowest BCUT2D eigenvalue weighted by molar-refractivity contribution is -0.123. The van der Waals surface area contributed by atoms with Gasteiger partial charge in [0.15, 0.2) is 0 Å². The first-order chi connectivity index (χ1) is 7.61. The molecule has 0 bridgehead atoms. The number of rotatable bonds is 1. The van der Waals surface area contributed by atoms with E-state index in [9.17, 15) is 9.59 Å². The summed E-state index contributed by atoms with van der Waals surface area (Å²) in [6.07, 6.45) is 0. The van der Waals surface area contributed by atoms with Crippen molar-refractivity contribution in [3.63, 3.8) is 0 Å². The molecule has 1 aliphatic rings. The van der Waals surface area contributed by atoms with Crippen LogP contribution in [0.4, 0.5) is 0 Å². The van der Waals surface area contributed by atoms with Gasteiger partial charge in [-0.1, -0.05) is 18.2 Å². The topological polar surface area (TPSA) is 64.5 Å². The third-order valence-electron chi connectivity index (χ3n) is 2.42. The lowest BCUT2D eigenvalue weighted by Gasteiger charge is -2.14. The number of guanidine groups is 1. The molecule has 16 heavy (non-hydrogen) atoms. The quantitative estimate of drug-likeness (QED) is 0.698. The van der Waals surface area contributed by atoms with Gasteiger partial charge in [0.2, 0.25) is 5.96 Å². The molecule has 0 aliphatic carbocycles. The van der Waals surface area contributed by atoms with Crippen molar-refractivity contribution < 1.29 is 9.59 Å². The van der Waals surface area contributed by atoms with Crippen molar-refractivity contribution in [2.75, 3.05) is 13.6 Å². The molecule has 1 aromatic rings. The maximum absolute atomic E-state index is 12.0. The lowest BCUT2D eigenvalue weighted by atomic mass is 10.2. The summed E-state index contributed by atoms with van der Waals surface area (Å²) in [5.41, 5.74) is 0.413. The molecule has 5 nitrogen and oxygen atoms in total. The number of carbonyl (C=O) groups excluding carboxylic acids is 2. The van der Waals surface area contributed by atoms with E-state index in [1.807, 2.05) is 0 Å². The molecular weight excluding hydrogens is 206 g/mol. The molecule has 1 fully saturated rings. The van der Waals surface area contributed by atoms with Crippen LogP contribution in [0.1, 0.15) is 10.4 Å². The third-order valence-corrected chi connectivity index (χ3v) is 2.42. The number of imide groups is 1. The molecule has 2 rings (SSSR count). The van der Waals surface area contributed by atoms with Crippen LogP contribution in [0.25, 0.3) is 0 Å². The number of carbonyl (C=O) groups is 2. The molecule has 0 unspecified atom stereocenters. The van der Waals surface area contributed by atoms with Crippen LogP contribution in [-0.4, -0.2) is 41.2 Å². The molecule has 2 amide bonds. The van der Waals surface area contributed by atoms with Gasteiger partial charge in [0, 0.05) is 12.6 Å².